The molecule has 0 aliphatic rings. The Morgan fingerprint density at radius 2 is 2.50 bits per heavy atom. The summed E-state index contributed by atoms with van der Waals surface area (Å²) in [5.41, 5.74) is 2.54. The zero-order valence-corrected chi connectivity index (χ0v) is 6.22. The molecule has 1 radical (unpaired) electrons. The quantitative estimate of drug-likeness (QED) is 0.579. The van der Waals surface area contributed by atoms with E-state index in [1.54, 1.807) is 0 Å². The standard InChI is InChI=1S/C10H11/c1-3-9-7-5-6-8-10(9)4-2/h3,5,7-8H,1,4H2,2H3. The molecule has 1 aromatic rings. The molecular formula is C10H11. The largest absolute Gasteiger partial charge is 0.0985 e. The number of aryl methyl sites for hydroxylation is 1. The summed E-state index contributed by atoms with van der Waals surface area (Å²) in [7, 11) is 0. The summed E-state index contributed by atoms with van der Waals surface area (Å²) in [4.78, 5) is 0. The third kappa shape index (κ3) is 1.27. The van der Waals surface area contributed by atoms with E-state index in [9.17, 15) is 0 Å². The van der Waals surface area contributed by atoms with Crippen molar-refractivity contribution in [1.29, 1.82) is 0 Å². The minimum atomic E-state index is 1.05. The fraction of sp³-hybridized carbons (Fsp3) is 0.200. The van der Waals surface area contributed by atoms with Crippen LogP contribution in [-0.4, -0.2) is 0 Å². The van der Waals surface area contributed by atoms with Crippen molar-refractivity contribution in [2.24, 2.45) is 0 Å². The fourth-order valence-corrected chi connectivity index (χ4v) is 0.982. The van der Waals surface area contributed by atoms with Crippen LogP contribution >= 0.6 is 0 Å². The van der Waals surface area contributed by atoms with E-state index in [0.29, 0.717) is 0 Å². The van der Waals surface area contributed by atoms with E-state index < -0.39 is 0 Å². The smallest absolute Gasteiger partial charge is 0.0181 e. The minimum Gasteiger partial charge on any atom is -0.0985 e. The first-order chi connectivity index (χ1) is 4.88. The van der Waals surface area contributed by atoms with Gasteiger partial charge in [-0.3, -0.25) is 0 Å². The van der Waals surface area contributed by atoms with Crippen LogP contribution in [0.4, 0.5) is 0 Å². The van der Waals surface area contributed by atoms with E-state index in [1.807, 2.05) is 24.3 Å². The molecule has 0 amide bonds. The maximum absolute atomic E-state index is 3.73. The third-order valence-corrected chi connectivity index (χ3v) is 1.59. The van der Waals surface area contributed by atoms with Gasteiger partial charge in [-0.1, -0.05) is 37.8 Å². The summed E-state index contributed by atoms with van der Waals surface area (Å²) < 4.78 is 0. The van der Waals surface area contributed by atoms with E-state index in [1.165, 1.54) is 11.1 Å². The van der Waals surface area contributed by atoms with Gasteiger partial charge in [0.25, 0.3) is 0 Å². The van der Waals surface area contributed by atoms with Crippen molar-refractivity contribution in [2.75, 3.05) is 0 Å². The van der Waals surface area contributed by atoms with Crippen LogP contribution in [0.1, 0.15) is 18.1 Å². The van der Waals surface area contributed by atoms with Crippen LogP contribution in [0.2, 0.25) is 0 Å². The van der Waals surface area contributed by atoms with Gasteiger partial charge < -0.3 is 0 Å². The molecule has 0 aliphatic carbocycles. The van der Waals surface area contributed by atoms with Crippen molar-refractivity contribution in [2.45, 2.75) is 13.3 Å². The number of hydrogen-bond donors (Lipinski definition) is 0. The van der Waals surface area contributed by atoms with Crippen LogP contribution in [0.15, 0.2) is 24.8 Å². The van der Waals surface area contributed by atoms with E-state index in [0.717, 1.165) is 6.42 Å². The van der Waals surface area contributed by atoms with E-state index >= 15 is 0 Å². The molecule has 1 aromatic carbocycles. The molecule has 1 rings (SSSR count). The van der Waals surface area contributed by atoms with Gasteiger partial charge >= 0.3 is 0 Å². The lowest BCUT2D eigenvalue weighted by Gasteiger charge is -1.99. The molecule has 0 bridgehead atoms. The molecule has 0 heteroatoms. The summed E-state index contributed by atoms with van der Waals surface area (Å²) in [6.07, 6.45) is 2.94. The zero-order chi connectivity index (χ0) is 7.40. The summed E-state index contributed by atoms with van der Waals surface area (Å²) in [6.45, 7) is 5.86. The van der Waals surface area contributed by atoms with E-state index in [2.05, 4.69) is 19.6 Å². The van der Waals surface area contributed by atoms with E-state index in [-0.39, 0.29) is 0 Å². The maximum atomic E-state index is 3.73. The molecule has 0 nitrogen and oxygen atoms in total. The highest BCUT2D eigenvalue weighted by Crippen LogP contribution is 2.09. The lowest BCUT2D eigenvalue weighted by molar-refractivity contribution is 1.13. The van der Waals surface area contributed by atoms with Crippen LogP contribution in [0.5, 0.6) is 0 Å². The Kier molecular flexibility index (Phi) is 2.27. The summed E-state index contributed by atoms with van der Waals surface area (Å²) in [5.74, 6) is 0. The molecule has 10 heavy (non-hydrogen) atoms. The highest BCUT2D eigenvalue weighted by atomic mass is 14.0. The Morgan fingerprint density at radius 3 is 3.00 bits per heavy atom. The molecule has 0 heterocycles. The van der Waals surface area contributed by atoms with Crippen molar-refractivity contribution in [3.8, 4) is 0 Å². The van der Waals surface area contributed by atoms with Gasteiger partial charge in [0.2, 0.25) is 0 Å². The van der Waals surface area contributed by atoms with Gasteiger partial charge in [-0.2, -0.15) is 0 Å². The lowest BCUT2D eigenvalue weighted by Crippen LogP contribution is -1.83. The highest BCUT2D eigenvalue weighted by molar-refractivity contribution is 5.51. The molecule has 0 saturated carbocycles. The number of benzene rings is 1. The van der Waals surface area contributed by atoms with Gasteiger partial charge in [-0.15, -0.1) is 0 Å². The summed E-state index contributed by atoms with van der Waals surface area (Å²) >= 11 is 0. The Balaban J connectivity index is 3.08. The molecule has 0 unspecified atom stereocenters. The molecule has 0 aliphatic heterocycles. The van der Waals surface area contributed by atoms with Gasteiger partial charge in [-0.25, -0.2) is 0 Å². The first-order valence-corrected chi connectivity index (χ1v) is 3.50. The van der Waals surface area contributed by atoms with Crippen LogP contribution in [0.25, 0.3) is 6.08 Å². The Labute approximate surface area is 62.2 Å². The van der Waals surface area contributed by atoms with Gasteiger partial charge in [0, 0.05) is 0 Å². The van der Waals surface area contributed by atoms with Crippen LogP contribution < -0.4 is 0 Å². The first kappa shape index (κ1) is 7.07. The van der Waals surface area contributed by atoms with Gasteiger partial charge in [-0.05, 0) is 23.6 Å². The second-order valence-corrected chi connectivity index (χ2v) is 2.18. The Bertz CT molecular complexity index is 223. The van der Waals surface area contributed by atoms with Crippen molar-refractivity contribution in [3.63, 3.8) is 0 Å². The van der Waals surface area contributed by atoms with Gasteiger partial charge in [0.1, 0.15) is 0 Å². The third-order valence-electron chi connectivity index (χ3n) is 1.59. The maximum Gasteiger partial charge on any atom is -0.0181 e. The lowest BCUT2D eigenvalue weighted by atomic mass is 10.1. The molecule has 0 spiro atoms. The molecule has 0 saturated heterocycles. The van der Waals surface area contributed by atoms with Gasteiger partial charge in [0.05, 0.1) is 0 Å². The zero-order valence-electron chi connectivity index (χ0n) is 6.22. The SMILES string of the molecule is C=Cc1cc[c]cc1CC. The minimum absolute atomic E-state index is 1.05. The predicted octanol–water partition coefficient (Wildman–Crippen LogP) is 2.69. The van der Waals surface area contributed by atoms with Crippen molar-refractivity contribution < 1.29 is 0 Å². The molecule has 0 fully saturated rings. The van der Waals surface area contributed by atoms with Crippen LogP contribution in [-0.2, 0) is 6.42 Å². The second-order valence-electron chi connectivity index (χ2n) is 2.18. The van der Waals surface area contributed by atoms with Crippen LogP contribution in [0.3, 0.4) is 0 Å². The topological polar surface area (TPSA) is 0 Å². The molecule has 0 N–H and O–H groups in total. The Morgan fingerprint density at radius 1 is 1.70 bits per heavy atom. The number of rotatable bonds is 2. The molecule has 51 valence electrons. The molecular weight excluding hydrogens is 120 g/mol. The van der Waals surface area contributed by atoms with E-state index in [4.69, 9.17) is 0 Å². The molecule has 0 aromatic heterocycles. The average molecular weight is 131 g/mol. The predicted molar refractivity (Wildman–Crippen MR) is 44.7 cm³/mol. The van der Waals surface area contributed by atoms with Crippen molar-refractivity contribution in [1.82, 2.24) is 0 Å². The second kappa shape index (κ2) is 3.21. The normalized spacial score (nSPS) is 9.30. The summed E-state index contributed by atoms with van der Waals surface area (Å²) in [6, 6.07) is 9.00. The monoisotopic (exact) mass is 131 g/mol. The summed E-state index contributed by atoms with van der Waals surface area (Å²) in [5, 5.41) is 0. The van der Waals surface area contributed by atoms with Crippen LogP contribution in [0, 0.1) is 6.07 Å². The van der Waals surface area contributed by atoms with Crippen molar-refractivity contribution >= 4 is 6.08 Å². The average Bonchev–Trinajstić information content (AvgIpc) is 2.04. The van der Waals surface area contributed by atoms with Crippen molar-refractivity contribution in [3.05, 3.63) is 42.0 Å². The fourth-order valence-electron chi connectivity index (χ4n) is 0.982. The Hall–Kier alpha value is -1.04. The van der Waals surface area contributed by atoms with Gasteiger partial charge in [0.15, 0.2) is 0 Å². The first-order valence-electron chi connectivity index (χ1n) is 3.50. The molecule has 0 atom stereocenters. The highest BCUT2D eigenvalue weighted by Gasteiger charge is 1.92. The number of hydrogen-bond acceptors (Lipinski definition) is 0.